The number of para-hydroxylation sites is 1. The normalized spacial score (nSPS) is 32.5. The summed E-state index contributed by atoms with van der Waals surface area (Å²) in [4.78, 5) is 6.64. The van der Waals surface area contributed by atoms with Crippen molar-refractivity contribution in [1.29, 1.82) is 0 Å². The molecule has 2 aromatic rings. The largest absolute Gasteiger partial charge is 0.357 e. The summed E-state index contributed by atoms with van der Waals surface area (Å²) in [5.41, 5.74) is 4.50. The average molecular weight is 280 g/mol. The molecular weight excluding hydrogens is 256 g/mol. The molecule has 0 amide bonds. The first-order valence-corrected chi connectivity index (χ1v) is 8.77. The van der Waals surface area contributed by atoms with Gasteiger partial charge in [-0.15, -0.1) is 0 Å². The lowest BCUT2D eigenvalue weighted by molar-refractivity contribution is 0.00706. The maximum Gasteiger partial charge on any atom is 0.0504 e. The molecule has 0 spiro atoms. The first-order chi connectivity index (χ1) is 10.4. The number of fused-ring (bicyclic) bond motifs is 7. The summed E-state index contributed by atoms with van der Waals surface area (Å²) in [6.45, 7) is 1.28. The van der Waals surface area contributed by atoms with Crippen LogP contribution in [0.2, 0.25) is 0 Å². The molecule has 2 aliphatic heterocycles. The van der Waals surface area contributed by atoms with E-state index in [1.54, 1.807) is 11.3 Å². The maximum atomic E-state index is 3.77. The van der Waals surface area contributed by atoms with Gasteiger partial charge in [0.1, 0.15) is 0 Å². The minimum absolute atomic E-state index is 0.667. The monoisotopic (exact) mass is 280 g/mol. The van der Waals surface area contributed by atoms with E-state index in [9.17, 15) is 0 Å². The number of hydrogen-bond donors (Lipinski definition) is 1. The van der Waals surface area contributed by atoms with Gasteiger partial charge in [0.25, 0.3) is 0 Å². The van der Waals surface area contributed by atoms with Crippen molar-refractivity contribution in [2.75, 3.05) is 6.54 Å². The summed E-state index contributed by atoms with van der Waals surface area (Å²) in [6.07, 6.45) is 9.88. The van der Waals surface area contributed by atoms with E-state index in [1.165, 1.54) is 62.4 Å². The van der Waals surface area contributed by atoms with Gasteiger partial charge in [0.2, 0.25) is 0 Å². The minimum Gasteiger partial charge on any atom is -0.357 e. The van der Waals surface area contributed by atoms with Crippen LogP contribution in [0.1, 0.15) is 55.8 Å². The summed E-state index contributed by atoms with van der Waals surface area (Å²) in [5.74, 6) is 0.987. The molecule has 21 heavy (non-hydrogen) atoms. The standard InChI is InChI=1S/C19H24N2/c1-4-8-17-13(5-1)9-10-18-19-15(11-12-21(17)18)14-6-2-3-7-16(14)20-19/h2-3,6-7,13,17-18,20H,1,4-5,8-12H2/t13-,17-,18?/m1/s1. The number of aromatic amines is 1. The second kappa shape index (κ2) is 4.61. The van der Waals surface area contributed by atoms with Crippen LogP contribution in [0.5, 0.6) is 0 Å². The number of nitrogens with one attached hydrogen (secondary N) is 1. The minimum atomic E-state index is 0.667. The molecule has 110 valence electrons. The second-order valence-electron chi connectivity index (χ2n) is 7.26. The predicted molar refractivity (Wildman–Crippen MR) is 86.4 cm³/mol. The van der Waals surface area contributed by atoms with E-state index in [0.717, 1.165) is 12.0 Å². The molecular formula is C19H24N2. The number of hydrogen-bond acceptors (Lipinski definition) is 1. The third-order valence-corrected chi connectivity index (χ3v) is 6.31. The number of nitrogens with zero attached hydrogens (tertiary/aromatic N) is 1. The molecule has 0 bridgehead atoms. The molecule has 1 N–H and O–H groups in total. The van der Waals surface area contributed by atoms with Crippen molar-refractivity contribution in [3.8, 4) is 0 Å². The highest BCUT2D eigenvalue weighted by Crippen LogP contribution is 2.46. The van der Waals surface area contributed by atoms with Crippen molar-refractivity contribution in [2.45, 2.75) is 57.0 Å². The van der Waals surface area contributed by atoms with Crippen molar-refractivity contribution >= 4 is 10.9 Å². The van der Waals surface area contributed by atoms with E-state index in [-0.39, 0.29) is 0 Å². The molecule has 3 aliphatic rings. The van der Waals surface area contributed by atoms with Crippen molar-refractivity contribution in [3.63, 3.8) is 0 Å². The van der Waals surface area contributed by atoms with Crippen molar-refractivity contribution < 1.29 is 0 Å². The van der Waals surface area contributed by atoms with Crippen LogP contribution in [0.25, 0.3) is 10.9 Å². The zero-order valence-electron chi connectivity index (χ0n) is 12.6. The lowest BCUT2D eigenvalue weighted by Gasteiger charge is -2.50. The average Bonchev–Trinajstić information content (AvgIpc) is 2.93. The Morgan fingerprint density at radius 1 is 1.00 bits per heavy atom. The Labute approximate surface area is 126 Å². The summed E-state index contributed by atoms with van der Waals surface area (Å²) in [7, 11) is 0. The van der Waals surface area contributed by atoms with Gasteiger partial charge in [-0.3, -0.25) is 4.90 Å². The Balaban J connectivity index is 1.58. The molecule has 1 aromatic heterocycles. The second-order valence-corrected chi connectivity index (χ2v) is 7.26. The zero-order chi connectivity index (χ0) is 13.8. The molecule has 2 fully saturated rings. The third-order valence-electron chi connectivity index (χ3n) is 6.31. The third kappa shape index (κ3) is 1.75. The molecule has 1 aromatic carbocycles. The Morgan fingerprint density at radius 2 is 1.90 bits per heavy atom. The Morgan fingerprint density at radius 3 is 2.90 bits per heavy atom. The van der Waals surface area contributed by atoms with Crippen molar-refractivity contribution in [2.24, 2.45) is 5.92 Å². The highest BCUT2D eigenvalue weighted by molar-refractivity contribution is 5.85. The smallest absolute Gasteiger partial charge is 0.0504 e. The van der Waals surface area contributed by atoms with Crippen molar-refractivity contribution in [3.05, 3.63) is 35.5 Å². The van der Waals surface area contributed by atoms with E-state index < -0.39 is 0 Å². The van der Waals surface area contributed by atoms with Crippen LogP contribution >= 0.6 is 0 Å². The van der Waals surface area contributed by atoms with Gasteiger partial charge in [0.15, 0.2) is 0 Å². The van der Waals surface area contributed by atoms with Crippen LogP contribution in [-0.2, 0) is 6.42 Å². The molecule has 1 saturated heterocycles. The van der Waals surface area contributed by atoms with E-state index in [0.29, 0.717) is 6.04 Å². The van der Waals surface area contributed by atoms with Gasteiger partial charge in [0.05, 0.1) is 6.04 Å². The van der Waals surface area contributed by atoms with Crippen LogP contribution in [0, 0.1) is 5.92 Å². The van der Waals surface area contributed by atoms with Gasteiger partial charge < -0.3 is 4.98 Å². The predicted octanol–water partition coefficient (Wildman–Crippen LogP) is 4.42. The number of H-pyrrole nitrogens is 1. The molecule has 1 unspecified atom stereocenters. The lowest BCUT2D eigenvalue weighted by Crippen LogP contribution is -2.50. The fourth-order valence-corrected chi connectivity index (χ4v) is 5.38. The van der Waals surface area contributed by atoms with Gasteiger partial charge >= 0.3 is 0 Å². The quantitative estimate of drug-likeness (QED) is 0.757. The Bertz CT molecular complexity index is 671. The first kappa shape index (κ1) is 12.3. The molecule has 3 heterocycles. The molecule has 2 nitrogen and oxygen atoms in total. The fourth-order valence-electron chi connectivity index (χ4n) is 5.38. The highest BCUT2D eigenvalue weighted by atomic mass is 15.2. The van der Waals surface area contributed by atoms with Crippen LogP contribution in [0.3, 0.4) is 0 Å². The Kier molecular flexibility index (Phi) is 2.69. The van der Waals surface area contributed by atoms with Crippen LogP contribution < -0.4 is 0 Å². The van der Waals surface area contributed by atoms with Crippen LogP contribution in [0.15, 0.2) is 24.3 Å². The van der Waals surface area contributed by atoms with Gasteiger partial charge in [0, 0.05) is 29.2 Å². The lowest BCUT2D eigenvalue weighted by atomic mass is 9.74. The van der Waals surface area contributed by atoms with Gasteiger partial charge in [-0.05, 0) is 49.7 Å². The molecule has 3 atom stereocenters. The molecule has 5 rings (SSSR count). The topological polar surface area (TPSA) is 19.0 Å². The highest BCUT2D eigenvalue weighted by Gasteiger charge is 2.42. The number of piperidine rings is 1. The van der Waals surface area contributed by atoms with Gasteiger partial charge in [-0.25, -0.2) is 0 Å². The van der Waals surface area contributed by atoms with Crippen LogP contribution in [0.4, 0.5) is 0 Å². The number of benzene rings is 1. The van der Waals surface area contributed by atoms with Crippen molar-refractivity contribution in [1.82, 2.24) is 9.88 Å². The van der Waals surface area contributed by atoms with Gasteiger partial charge in [-0.2, -0.15) is 0 Å². The summed E-state index contributed by atoms with van der Waals surface area (Å²) >= 11 is 0. The zero-order valence-corrected chi connectivity index (χ0v) is 12.6. The maximum absolute atomic E-state index is 3.77. The van der Waals surface area contributed by atoms with Gasteiger partial charge in [-0.1, -0.05) is 31.0 Å². The summed E-state index contributed by atoms with van der Waals surface area (Å²) < 4.78 is 0. The SMILES string of the molecule is c1ccc2c3c([nH]c2c1)C1CC[C@H]2CCCC[C@H]2N1CC3. The Hall–Kier alpha value is -1.28. The van der Waals surface area contributed by atoms with E-state index in [1.807, 2.05) is 0 Å². The first-order valence-electron chi connectivity index (χ1n) is 8.77. The van der Waals surface area contributed by atoms with E-state index in [4.69, 9.17) is 0 Å². The van der Waals surface area contributed by atoms with E-state index in [2.05, 4.69) is 34.1 Å². The number of rotatable bonds is 0. The molecule has 2 heteroatoms. The molecule has 0 radical (unpaired) electrons. The molecule has 1 saturated carbocycles. The molecule has 1 aliphatic carbocycles. The summed E-state index contributed by atoms with van der Waals surface area (Å²) in [5, 5.41) is 1.47. The number of aromatic nitrogens is 1. The van der Waals surface area contributed by atoms with Crippen LogP contribution in [-0.4, -0.2) is 22.5 Å². The summed E-state index contributed by atoms with van der Waals surface area (Å²) in [6, 6.07) is 10.4. The fraction of sp³-hybridized carbons (Fsp3) is 0.579. The van der Waals surface area contributed by atoms with E-state index >= 15 is 0 Å².